The Morgan fingerprint density at radius 3 is 1.35 bits per heavy atom. The predicted molar refractivity (Wildman–Crippen MR) is 224 cm³/mol. The fraction of sp³-hybridized carbons (Fsp3) is 0.702. The zero-order chi connectivity index (χ0) is 37.8. The summed E-state index contributed by atoms with van der Waals surface area (Å²) >= 11 is 0. The Bertz CT molecular complexity index is 957. The van der Waals surface area contributed by atoms with Crippen LogP contribution in [0.1, 0.15) is 188 Å². The van der Waals surface area contributed by atoms with E-state index in [-0.39, 0.29) is 25.2 Å². The number of ether oxygens (including phenoxy) is 3. The summed E-state index contributed by atoms with van der Waals surface area (Å²) in [5, 5.41) is 0. The summed E-state index contributed by atoms with van der Waals surface area (Å²) in [7, 11) is 0. The lowest BCUT2D eigenvalue weighted by Gasteiger charge is -2.18. The third kappa shape index (κ3) is 40.1. The molecule has 0 radical (unpaired) electrons. The van der Waals surface area contributed by atoms with Crippen LogP contribution < -0.4 is 0 Å². The molecular formula is C47H80O5. The van der Waals surface area contributed by atoms with E-state index < -0.39 is 6.10 Å². The Morgan fingerprint density at radius 2 is 0.865 bits per heavy atom. The van der Waals surface area contributed by atoms with E-state index >= 15 is 0 Å². The molecule has 1 atom stereocenters. The molecule has 0 fully saturated rings. The van der Waals surface area contributed by atoms with E-state index in [2.05, 4.69) is 87.6 Å². The van der Waals surface area contributed by atoms with Gasteiger partial charge < -0.3 is 14.2 Å². The van der Waals surface area contributed by atoms with Crippen LogP contribution in [0, 0.1) is 0 Å². The van der Waals surface area contributed by atoms with Crippen molar-refractivity contribution in [2.24, 2.45) is 0 Å². The third-order valence-corrected chi connectivity index (χ3v) is 8.77. The summed E-state index contributed by atoms with van der Waals surface area (Å²) in [6.45, 7) is 7.57. The fourth-order valence-electron chi connectivity index (χ4n) is 5.59. The molecular weight excluding hydrogens is 645 g/mol. The first-order valence-electron chi connectivity index (χ1n) is 21.5. The van der Waals surface area contributed by atoms with Crippen molar-refractivity contribution in [3.8, 4) is 0 Å². The molecule has 0 saturated carbocycles. The SMILES string of the molecule is CC/C=C\C/C=C\C/C=C\C/C=C\C/C=C\C/C=C\CCC(=O)OCC(COCCCCCCCC)OC(=O)CCCCCCCCCCCCC. The molecule has 5 nitrogen and oxygen atoms in total. The summed E-state index contributed by atoms with van der Waals surface area (Å²) in [4.78, 5) is 25.0. The van der Waals surface area contributed by atoms with Crippen molar-refractivity contribution in [2.45, 2.75) is 194 Å². The second kappa shape index (κ2) is 42.8. The maximum absolute atomic E-state index is 12.6. The van der Waals surface area contributed by atoms with Gasteiger partial charge in [0.05, 0.1) is 6.61 Å². The van der Waals surface area contributed by atoms with Crippen molar-refractivity contribution in [3.63, 3.8) is 0 Å². The number of carbonyl (C=O) groups is 2. The Labute approximate surface area is 321 Å². The van der Waals surface area contributed by atoms with Gasteiger partial charge in [0.15, 0.2) is 6.10 Å². The van der Waals surface area contributed by atoms with E-state index in [1.165, 1.54) is 83.5 Å². The Balaban J connectivity index is 4.26. The lowest BCUT2D eigenvalue weighted by molar-refractivity contribution is -0.162. The van der Waals surface area contributed by atoms with Gasteiger partial charge in [-0.1, -0.05) is 190 Å². The van der Waals surface area contributed by atoms with Gasteiger partial charge in [-0.2, -0.15) is 0 Å². The van der Waals surface area contributed by atoms with Crippen LogP contribution in [-0.4, -0.2) is 37.9 Å². The molecule has 0 N–H and O–H groups in total. The van der Waals surface area contributed by atoms with Gasteiger partial charge in [-0.15, -0.1) is 0 Å². The highest BCUT2D eigenvalue weighted by molar-refractivity contribution is 5.70. The first-order chi connectivity index (χ1) is 25.6. The van der Waals surface area contributed by atoms with Gasteiger partial charge in [0.1, 0.15) is 6.61 Å². The molecule has 0 rings (SSSR count). The lowest BCUT2D eigenvalue weighted by Crippen LogP contribution is -2.30. The lowest BCUT2D eigenvalue weighted by atomic mass is 10.1. The molecule has 0 spiro atoms. The van der Waals surface area contributed by atoms with Crippen molar-refractivity contribution < 1.29 is 23.8 Å². The molecule has 0 aromatic carbocycles. The molecule has 1 unspecified atom stereocenters. The standard InChI is InChI=1S/C47H80O5/c1-4-7-10-13-16-18-20-21-22-23-24-25-26-27-29-30-32-34-37-40-46(48)51-44-45(43-50-42-39-36-15-12-9-6-3)52-47(49)41-38-35-33-31-28-19-17-14-11-8-5-2/h7,10,16,18,21-22,24-25,27,29,32,34,45H,4-6,8-9,11-15,17,19-20,23,26,28,30-31,33,35-44H2,1-3H3/b10-7-,18-16-,22-21-,25-24-,29-27-,34-32-. The third-order valence-electron chi connectivity index (χ3n) is 8.77. The minimum absolute atomic E-state index is 0.0447. The molecule has 0 aliphatic rings. The van der Waals surface area contributed by atoms with Crippen molar-refractivity contribution in [2.75, 3.05) is 19.8 Å². The zero-order valence-corrected chi connectivity index (χ0v) is 34.1. The smallest absolute Gasteiger partial charge is 0.306 e. The largest absolute Gasteiger partial charge is 0.462 e. The van der Waals surface area contributed by atoms with Gasteiger partial charge in [-0.3, -0.25) is 9.59 Å². The Hall–Kier alpha value is -2.66. The first-order valence-corrected chi connectivity index (χ1v) is 21.5. The summed E-state index contributed by atoms with van der Waals surface area (Å²) in [6.07, 6.45) is 53.5. The molecule has 0 aliphatic heterocycles. The van der Waals surface area contributed by atoms with E-state index in [1.807, 2.05) is 6.08 Å². The molecule has 0 aromatic rings. The zero-order valence-electron chi connectivity index (χ0n) is 34.1. The second-order valence-corrected chi connectivity index (χ2v) is 13.9. The number of allylic oxidation sites excluding steroid dienone is 12. The number of esters is 2. The van der Waals surface area contributed by atoms with Crippen molar-refractivity contribution in [1.82, 2.24) is 0 Å². The van der Waals surface area contributed by atoms with E-state index in [1.54, 1.807) is 0 Å². The van der Waals surface area contributed by atoms with Gasteiger partial charge >= 0.3 is 11.9 Å². The van der Waals surface area contributed by atoms with Gasteiger partial charge in [0.25, 0.3) is 0 Å². The number of hydrogen-bond donors (Lipinski definition) is 0. The average Bonchev–Trinajstić information content (AvgIpc) is 3.14. The molecule has 298 valence electrons. The topological polar surface area (TPSA) is 61.8 Å². The summed E-state index contributed by atoms with van der Waals surface area (Å²) < 4.78 is 17.1. The molecule has 0 amide bonds. The van der Waals surface area contributed by atoms with E-state index in [0.29, 0.717) is 25.9 Å². The van der Waals surface area contributed by atoms with Gasteiger partial charge in [0, 0.05) is 19.4 Å². The molecule has 5 heteroatoms. The van der Waals surface area contributed by atoms with E-state index in [0.717, 1.165) is 64.2 Å². The highest BCUT2D eigenvalue weighted by Gasteiger charge is 2.17. The van der Waals surface area contributed by atoms with Crippen LogP contribution >= 0.6 is 0 Å². The van der Waals surface area contributed by atoms with E-state index in [9.17, 15) is 9.59 Å². The van der Waals surface area contributed by atoms with Crippen LogP contribution in [0.2, 0.25) is 0 Å². The highest BCUT2D eigenvalue weighted by Crippen LogP contribution is 2.13. The van der Waals surface area contributed by atoms with Crippen molar-refractivity contribution in [3.05, 3.63) is 72.9 Å². The molecule has 0 bridgehead atoms. The average molecular weight is 725 g/mol. The van der Waals surface area contributed by atoms with Crippen LogP contribution in [0.15, 0.2) is 72.9 Å². The Kier molecular flexibility index (Phi) is 40.6. The maximum atomic E-state index is 12.6. The van der Waals surface area contributed by atoms with Crippen molar-refractivity contribution >= 4 is 11.9 Å². The van der Waals surface area contributed by atoms with Crippen LogP contribution in [0.4, 0.5) is 0 Å². The van der Waals surface area contributed by atoms with Gasteiger partial charge in [-0.25, -0.2) is 0 Å². The highest BCUT2D eigenvalue weighted by atomic mass is 16.6. The summed E-state index contributed by atoms with van der Waals surface area (Å²) in [5.74, 6) is -0.500. The molecule has 0 aromatic heterocycles. The number of carbonyl (C=O) groups excluding carboxylic acids is 2. The van der Waals surface area contributed by atoms with Crippen LogP contribution in [0.3, 0.4) is 0 Å². The predicted octanol–water partition coefficient (Wildman–Crippen LogP) is 14.0. The second-order valence-electron chi connectivity index (χ2n) is 13.9. The monoisotopic (exact) mass is 725 g/mol. The molecule has 0 aliphatic carbocycles. The molecule has 0 heterocycles. The molecule has 0 saturated heterocycles. The van der Waals surface area contributed by atoms with Crippen LogP contribution in [0.5, 0.6) is 0 Å². The Morgan fingerprint density at radius 1 is 0.442 bits per heavy atom. The minimum Gasteiger partial charge on any atom is -0.462 e. The van der Waals surface area contributed by atoms with E-state index in [4.69, 9.17) is 14.2 Å². The minimum atomic E-state index is -0.560. The summed E-state index contributed by atoms with van der Waals surface area (Å²) in [6, 6.07) is 0. The van der Waals surface area contributed by atoms with Gasteiger partial charge in [0.2, 0.25) is 0 Å². The van der Waals surface area contributed by atoms with Crippen LogP contribution in [-0.2, 0) is 23.8 Å². The summed E-state index contributed by atoms with van der Waals surface area (Å²) in [5.41, 5.74) is 0. The van der Waals surface area contributed by atoms with Crippen LogP contribution in [0.25, 0.3) is 0 Å². The van der Waals surface area contributed by atoms with Gasteiger partial charge in [-0.05, 0) is 57.8 Å². The number of unbranched alkanes of at least 4 members (excludes halogenated alkanes) is 15. The number of rotatable bonds is 38. The van der Waals surface area contributed by atoms with Crippen molar-refractivity contribution in [1.29, 1.82) is 0 Å². The maximum Gasteiger partial charge on any atom is 0.306 e. The fourth-order valence-corrected chi connectivity index (χ4v) is 5.59. The number of hydrogen-bond acceptors (Lipinski definition) is 5. The quantitative estimate of drug-likeness (QED) is 0.0360. The normalized spacial score (nSPS) is 12.9. The molecule has 52 heavy (non-hydrogen) atoms. The first kappa shape index (κ1) is 49.3.